The third-order valence-electron chi connectivity index (χ3n) is 4.38. The first kappa shape index (κ1) is 15.7. The molecule has 1 heterocycles. The third-order valence-corrected chi connectivity index (χ3v) is 4.38. The lowest BCUT2D eigenvalue weighted by Crippen LogP contribution is -2.42. The first-order valence-corrected chi connectivity index (χ1v) is 8.01. The highest BCUT2D eigenvalue weighted by Crippen LogP contribution is 2.23. The Balaban J connectivity index is 1.89. The van der Waals surface area contributed by atoms with Crippen molar-refractivity contribution < 1.29 is 9.59 Å². The summed E-state index contributed by atoms with van der Waals surface area (Å²) in [5, 5.41) is 0. The van der Waals surface area contributed by atoms with E-state index in [9.17, 15) is 9.59 Å². The zero-order valence-corrected chi connectivity index (χ0v) is 13.0. The number of nitrogens with zero attached hydrogens (tertiary/aromatic N) is 1. The number of benzene rings is 1. The van der Waals surface area contributed by atoms with E-state index in [-0.39, 0.29) is 23.5 Å². The van der Waals surface area contributed by atoms with E-state index in [1.807, 2.05) is 42.2 Å². The van der Waals surface area contributed by atoms with E-state index in [0.717, 1.165) is 44.3 Å². The summed E-state index contributed by atoms with van der Waals surface area (Å²) in [5.41, 5.74) is 0.793. The van der Waals surface area contributed by atoms with E-state index in [1.165, 1.54) is 0 Å². The van der Waals surface area contributed by atoms with Crippen molar-refractivity contribution in [3.63, 3.8) is 0 Å². The molecule has 0 spiro atoms. The van der Waals surface area contributed by atoms with Crippen LogP contribution in [-0.2, 0) is 4.79 Å². The fourth-order valence-corrected chi connectivity index (χ4v) is 3.07. The topological polar surface area (TPSA) is 37.4 Å². The van der Waals surface area contributed by atoms with E-state index in [1.54, 1.807) is 0 Å². The van der Waals surface area contributed by atoms with Crippen LogP contribution in [0.25, 0.3) is 0 Å². The van der Waals surface area contributed by atoms with Crippen LogP contribution in [0.2, 0.25) is 0 Å². The maximum atomic E-state index is 12.4. The lowest BCUT2D eigenvalue weighted by Gasteiger charge is -2.33. The highest BCUT2D eigenvalue weighted by Gasteiger charge is 2.29. The van der Waals surface area contributed by atoms with Crippen LogP contribution in [0.15, 0.2) is 30.3 Å². The van der Waals surface area contributed by atoms with Gasteiger partial charge in [-0.15, -0.1) is 0 Å². The maximum Gasteiger partial charge on any atom is 0.225 e. The number of carbonyl (C=O) groups is 2. The highest BCUT2D eigenvalue weighted by molar-refractivity contribution is 5.98. The summed E-state index contributed by atoms with van der Waals surface area (Å²) in [7, 11) is 0. The fraction of sp³-hybridized carbons (Fsp3) is 0.556. The number of hydrogen-bond donors (Lipinski definition) is 0. The van der Waals surface area contributed by atoms with Crippen LogP contribution in [0.5, 0.6) is 0 Å². The lowest BCUT2D eigenvalue weighted by atomic mass is 9.88. The van der Waals surface area contributed by atoms with Crippen molar-refractivity contribution in [1.29, 1.82) is 0 Å². The van der Waals surface area contributed by atoms with Gasteiger partial charge in [-0.25, -0.2) is 0 Å². The number of rotatable bonds is 5. The van der Waals surface area contributed by atoms with Crippen molar-refractivity contribution in [2.24, 2.45) is 11.8 Å². The second kappa shape index (κ2) is 7.39. The molecular formula is C18H25NO2. The molecule has 1 aliphatic heterocycles. The summed E-state index contributed by atoms with van der Waals surface area (Å²) in [6.45, 7) is 5.55. The van der Waals surface area contributed by atoms with E-state index < -0.39 is 0 Å². The Morgan fingerprint density at radius 2 is 1.81 bits per heavy atom. The SMILES string of the molecule is CCCC(C)C(=O)N1CCC(C(=O)c2ccccc2)CC1. The largest absolute Gasteiger partial charge is 0.342 e. The van der Waals surface area contributed by atoms with Gasteiger partial charge < -0.3 is 4.90 Å². The molecule has 0 aromatic heterocycles. The number of amides is 1. The Hall–Kier alpha value is -1.64. The Kier molecular flexibility index (Phi) is 5.54. The minimum Gasteiger partial charge on any atom is -0.342 e. The van der Waals surface area contributed by atoms with Crippen molar-refractivity contribution in [1.82, 2.24) is 4.90 Å². The molecule has 3 heteroatoms. The smallest absolute Gasteiger partial charge is 0.225 e. The molecular weight excluding hydrogens is 262 g/mol. The van der Waals surface area contributed by atoms with E-state index in [0.29, 0.717) is 0 Å². The molecule has 21 heavy (non-hydrogen) atoms. The van der Waals surface area contributed by atoms with Gasteiger partial charge in [0.1, 0.15) is 0 Å². The quantitative estimate of drug-likeness (QED) is 0.777. The van der Waals surface area contributed by atoms with Crippen molar-refractivity contribution >= 4 is 11.7 Å². The molecule has 1 aromatic carbocycles. The zero-order chi connectivity index (χ0) is 15.2. The monoisotopic (exact) mass is 287 g/mol. The van der Waals surface area contributed by atoms with Gasteiger partial charge >= 0.3 is 0 Å². The highest BCUT2D eigenvalue weighted by atomic mass is 16.2. The Labute approximate surface area is 127 Å². The molecule has 114 valence electrons. The maximum absolute atomic E-state index is 12.4. The second-order valence-corrected chi connectivity index (χ2v) is 6.02. The van der Waals surface area contributed by atoms with Crippen molar-refractivity contribution in [2.45, 2.75) is 39.5 Å². The van der Waals surface area contributed by atoms with Crippen LogP contribution in [0.3, 0.4) is 0 Å². The summed E-state index contributed by atoms with van der Waals surface area (Å²) < 4.78 is 0. The van der Waals surface area contributed by atoms with Crippen LogP contribution >= 0.6 is 0 Å². The summed E-state index contributed by atoms with van der Waals surface area (Å²) >= 11 is 0. The van der Waals surface area contributed by atoms with Gasteiger partial charge in [0.15, 0.2) is 5.78 Å². The number of likely N-dealkylation sites (tertiary alicyclic amines) is 1. The van der Waals surface area contributed by atoms with Gasteiger partial charge in [0.2, 0.25) is 5.91 Å². The lowest BCUT2D eigenvalue weighted by molar-refractivity contribution is -0.136. The average Bonchev–Trinajstić information content (AvgIpc) is 2.54. The molecule has 0 aliphatic carbocycles. The van der Waals surface area contributed by atoms with Crippen LogP contribution in [-0.4, -0.2) is 29.7 Å². The van der Waals surface area contributed by atoms with E-state index in [2.05, 4.69) is 6.92 Å². The number of carbonyl (C=O) groups excluding carboxylic acids is 2. The van der Waals surface area contributed by atoms with E-state index >= 15 is 0 Å². The first-order chi connectivity index (χ1) is 10.1. The average molecular weight is 287 g/mol. The summed E-state index contributed by atoms with van der Waals surface area (Å²) in [6, 6.07) is 9.48. The molecule has 1 atom stereocenters. The van der Waals surface area contributed by atoms with Crippen LogP contribution < -0.4 is 0 Å². The van der Waals surface area contributed by atoms with Crippen molar-refractivity contribution in [3.8, 4) is 0 Å². The predicted octanol–water partition coefficient (Wildman–Crippen LogP) is 3.54. The number of piperidine rings is 1. The summed E-state index contributed by atoms with van der Waals surface area (Å²) in [4.78, 5) is 26.6. The molecule has 2 rings (SSSR count). The summed E-state index contributed by atoms with van der Waals surface area (Å²) in [5.74, 6) is 0.654. The molecule has 0 N–H and O–H groups in total. The molecule has 1 aromatic rings. The second-order valence-electron chi connectivity index (χ2n) is 6.02. The van der Waals surface area contributed by atoms with Gasteiger partial charge in [-0.05, 0) is 19.3 Å². The van der Waals surface area contributed by atoms with Gasteiger partial charge in [-0.3, -0.25) is 9.59 Å². The van der Waals surface area contributed by atoms with Gasteiger partial charge in [0, 0.05) is 30.5 Å². The molecule has 0 bridgehead atoms. The van der Waals surface area contributed by atoms with Crippen molar-refractivity contribution in [2.75, 3.05) is 13.1 Å². The van der Waals surface area contributed by atoms with Gasteiger partial charge in [0.05, 0.1) is 0 Å². The Morgan fingerprint density at radius 3 is 2.38 bits per heavy atom. The molecule has 1 saturated heterocycles. The van der Waals surface area contributed by atoms with Gasteiger partial charge in [-0.1, -0.05) is 50.6 Å². The fourth-order valence-electron chi connectivity index (χ4n) is 3.07. The van der Waals surface area contributed by atoms with Gasteiger partial charge in [-0.2, -0.15) is 0 Å². The number of ketones is 1. The zero-order valence-electron chi connectivity index (χ0n) is 13.0. The summed E-state index contributed by atoms with van der Waals surface area (Å²) in [6.07, 6.45) is 3.56. The molecule has 0 radical (unpaired) electrons. The molecule has 1 amide bonds. The molecule has 0 saturated carbocycles. The molecule has 1 fully saturated rings. The first-order valence-electron chi connectivity index (χ1n) is 8.01. The normalized spacial score (nSPS) is 17.5. The third kappa shape index (κ3) is 3.93. The Morgan fingerprint density at radius 1 is 1.19 bits per heavy atom. The van der Waals surface area contributed by atoms with Crippen LogP contribution in [0.4, 0.5) is 0 Å². The predicted molar refractivity (Wildman–Crippen MR) is 84.1 cm³/mol. The molecule has 1 aliphatic rings. The number of hydrogen-bond acceptors (Lipinski definition) is 2. The standard InChI is InChI=1S/C18H25NO2/c1-3-7-14(2)18(21)19-12-10-16(11-13-19)17(20)15-8-5-4-6-9-15/h4-6,8-9,14,16H,3,7,10-13H2,1-2H3. The minimum absolute atomic E-state index is 0.0675. The van der Waals surface area contributed by atoms with Gasteiger partial charge in [0.25, 0.3) is 0 Å². The van der Waals surface area contributed by atoms with Crippen LogP contribution in [0.1, 0.15) is 49.9 Å². The Bertz CT molecular complexity index is 475. The molecule has 1 unspecified atom stereocenters. The van der Waals surface area contributed by atoms with E-state index in [4.69, 9.17) is 0 Å². The molecule has 3 nitrogen and oxygen atoms in total. The van der Waals surface area contributed by atoms with Crippen LogP contribution in [0, 0.1) is 11.8 Å². The van der Waals surface area contributed by atoms with Crippen molar-refractivity contribution in [3.05, 3.63) is 35.9 Å². The minimum atomic E-state index is 0.0675. The number of Topliss-reactive ketones (excluding diaryl/α,β-unsaturated/α-hetero) is 1.